The number of ketones is 1. The van der Waals surface area contributed by atoms with Crippen LogP contribution in [0.5, 0.6) is 17.2 Å². The van der Waals surface area contributed by atoms with Crippen LogP contribution in [0.4, 0.5) is 5.69 Å². The number of hydrogen-bond acceptors (Lipinski definition) is 6. The third-order valence-electron chi connectivity index (χ3n) is 3.21. The number of carbonyl (C=O) groups is 2. The summed E-state index contributed by atoms with van der Waals surface area (Å²) < 4.78 is 36.5. The van der Waals surface area contributed by atoms with E-state index in [0.29, 0.717) is 12.2 Å². The third-order valence-corrected chi connectivity index (χ3v) is 3.81. The first kappa shape index (κ1) is 22.3. The maximum Gasteiger partial charge on any atom is 0.229 e. The first-order chi connectivity index (χ1) is 12.3. The summed E-state index contributed by atoms with van der Waals surface area (Å²) in [6.45, 7) is -0.233. The number of sulfonamides is 1. The van der Waals surface area contributed by atoms with E-state index in [1.54, 1.807) is 30.3 Å². The Balaban J connectivity index is 0.00000364. The number of Topliss-reactive ketones (excluding diaryl/α,β-unsaturated/α-hetero) is 1. The summed E-state index contributed by atoms with van der Waals surface area (Å²) in [5, 5.41) is 2.28. The highest BCUT2D eigenvalue weighted by atomic mass is 35.5. The van der Waals surface area contributed by atoms with Crippen LogP contribution in [0.15, 0.2) is 42.5 Å². The molecule has 0 spiro atoms. The van der Waals surface area contributed by atoms with Gasteiger partial charge in [0.2, 0.25) is 16.4 Å². The molecule has 0 atom stereocenters. The van der Waals surface area contributed by atoms with Crippen LogP contribution in [0.25, 0.3) is 0 Å². The van der Waals surface area contributed by atoms with E-state index in [0.717, 1.165) is 6.26 Å². The molecule has 2 aromatic carbocycles. The number of hydrogen-bond donors (Lipinski definition) is 2. The average Bonchev–Trinajstić information content (AvgIpc) is 2.60. The van der Waals surface area contributed by atoms with E-state index < -0.39 is 15.8 Å². The van der Waals surface area contributed by atoms with Gasteiger partial charge in [0.1, 0.15) is 11.5 Å². The molecule has 1 amide bonds. The fraction of sp³-hybridized carbons (Fsp3) is 0.176. The van der Waals surface area contributed by atoms with Crippen LogP contribution in [0.1, 0.15) is 10.4 Å². The second-order valence-electron chi connectivity index (χ2n) is 5.26. The lowest BCUT2D eigenvalue weighted by molar-refractivity contribution is -0.109. The molecule has 0 radical (unpaired) electrons. The minimum absolute atomic E-state index is 0. The van der Waals surface area contributed by atoms with Gasteiger partial charge in [0, 0.05) is 6.07 Å². The van der Waals surface area contributed by atoms with E-state index in [2.05, 4.69) is 10.0 Å². The monoisotopic (exact) mass is 414 g/mol. The Kier molecular flexibility index (Phi) is 8.07. The Labute approximate surface area is 163 Å². The van der Waals surface area contributed by atoms with Gasteiger partial charge in [-0.3, -0.25) is 14.3 Å². The van der Waals surface area contributed by atoms with Crippen LogP contribution in [0, 0.1) is 0 Å². The number of nitrogens with one attached hydrogen (secondary N) is 2. The van der Waals surface area contributed by atoms with Crippen LogP contribution in [-0.2, 0) is 14.8 Å². The van der Waals surface area contributed by atoms with E-state index in [1.807, 2.05) is 0 Å². The lowest BCUT2D eigenvalue weighted by atomic mass is 10.1. The number of halogens is 1. The predicted octanol–water partition coefficient (Wildman–Crippen LogP) is 2.21. The predicted molar refractivity (Wildman–Crippen MR) is 104 cm³/mol. The number of methoxy groups -OCH3 is 1. The first-order valence-corrected chi connectivity index (χ1v) is 9.36. The fourth-order valence-electron chi connectivity index (χ4n) is 2.16. The summed E-state index contributed by atoms with van der Waals surface area (Å²) >= 11 is 0. The van der Waals surface area contributed by atoms with Crippen molar-refractivity contribution in [3.8, 4) is 17.2 Å². The average molecular weight is 415 g/mol. The van der Waals surface area contributed by atoms with Gasteiger partial charge in [-0.25, -0.2) is 8.42 Å². The molecule has 0 bridgehead atoms. The molecule has 0 aliphatic carbocycles. The Morgan fingerprint density at radius 3 is 2.37 bits per heavy atom. The molecule has 2 N–H and O–H groups in total. The largest absolute Gasteiger partial charge is 0.496 e. The Bertz CT molecular complexity index is 903. The van der Waals surface area contributed by atoms with Crippen molar-refractivity contribution in [3.63, 3.8) is 0 Å². The molecule has 0 saturated carbocycles. The van der Waals surface area contributed by atoms with Gasteiger partial charge in [0.05, 0.1) is 31.2 Å². The van der Waals surface area contributed by atoms with Gasteiger partial charge in [-0.1, -0.05) is 18.2 Å². The molecule has 10 heteroatoms. The van der Waals surface area contributed by atoms with Crippen molar-refractivity contribution < 1.29 is 27.5 Å². The van der Waals surface area contributed by atoms with Crippen molar-refractivity contribution in [1.82, 2.24) is 5.32 Å². The summed E-state index contributed by atoms with van der Waals surface area (Å²) in [6.07, 6.45) is 1.41. The smallest absolute Gasteiger partial charge is 0.229 e. The Morgan fingerprint density at radius 2 is 1.81 bits per heavy atom. The van der Waals surface area contributed by atoms with Crippen LogP contribution in [0.2, 0.25) is 0 Å². The molecule has 8 nitrogen and oxygen atoms in total. The summed E-state index contributed by atoms with van der Waals surface area (Å²) in [7, 11) is -2.24. The zero-order valence-electron chi connectivity index (χ0n) is 14.6. The van der Waals surface area contributed by atoms with Crippen LogP contribution < -0.4 is 19.5 Å². The SMILES string of the molecule is COc1cc(NS(C)(=O)=O)c(Oc2ccccc2)cc1C(=O)CNC=O.Cl. The molecule has 0 fully saturated rings. The molecular weight excluding hydrogens is 396 g/mol. The molecule has 0 aliphatic rings. The molecule has 0 aromatic heterocycles. The maximum atomic E-state index is 12.3. The molecule has 0 aliphatic heterocycles. The van der Waals surface area contributed by atoms with Crippen molar-refractivity contribution in [1.29, 1.82) is 0 Å². The highest BCUT2D eigenvalue weighted by molar-refractivity contribution is 7.92. The van der Waals surface area contributed by atoms with Gasteiger partial charge in [-0.2, -0.15) is 0 Å². The molecule has 0 saturated heterocycles. The van der Waals surface area contributed by atoms with E-state index in [1.165, 1.54) is 19.2 Å². The standard InChI is InChI=1S/C17H18N2O6S.ClH/c1-24-16-9-14(19-26(2,22)23)17(25-12-6-4-3-5-7-12)8-13(16)15(21)10-18-11-20;/h3-9,11,19H,10H2,1-2H3,(H,18,20);1H. The van der Waals surface area contributed by atoms with E-state index in [4.69, 9.17) is 9.47 Å². The van der Waals surface area contributed by atoms with E-state index >= 15 is 0 Å². The molecule has 2 rings (SSSR count). The number of para-hydroxylation sites is 1. The number of amides is 1. The normalized spacial score (nSPS) is 10.3. The lowest BCUT2D eigenvalue weighted by Crippen LogP contribution is -2.22. The molecule has 0 heterocycles. The lowest BCUT2D eigenvalue weighted by Gasteiger charge is -2.16. The highest BCUT2D eigenvalue weighted by Gasteiger charge is 2.19. The first-order valence-electron chi connectivity index (χ1n) is 7.47. The zero-order valence-corrected chi connectivity index (χ0v) is 16.2. The second-order valence-corrected chi connectivity index (χ2v) is 7.01. The van der Waals surface area contributed by atoms with Crippen LogP contribution >= 0.6 is 12.4 Å². The minimum Gasteiger partial charge on any atom is -0.496 e. The van der Waals surface area contributed by atoms with E-state index in [-0.39, 0.29) is 41.7 Å². The van der Waals surface area contributed by atoms with Crippen molar-refractivity contribution in [2.75, 3.05) is 24.6 Å². The van der Waals surface area contributed by atoms with Gasteiger partial charge in [-0.05, 0) is 18.2 Å². The van der Waals surface area contributed by atoms with Crippen molar-refractivity contribution in [3.05, 3.63) is 48.0 Å². The summed E-state index contributed by atoms with van der Waals surface area (Å²) in [4.78, 5) is 22.7. The van der Waals surface area contributed by atoms with Gasteiger partial charge in [0.25, 0.3) is 0 Å². The number of anilines is 1. The van der Waals surface area contributed by atoms with E-state index in [9.17, 15) is 18.0 Å². The second kappa shape index (κ2) is 9.79. The molecule has 0 unspecified atom stereocenters. The van der Waals surface area contributed by atoms with Gasteiger partial charge >= 0.3 is 0 Å². The minimum atomic E-state index is -3.59. The quantitative estimate of drug-likeness (QED) is 0.480. The molecule has 146 valence electrons. The van der Waals surface area contributed by atoms with Crippen LogP contribution in [0.3, 0.4) is 0 Å². The zero-order chi connectivity index (χ0) is 19.2. The number of carbonyl (C=O) groups excluding carboxylic acids is 2. The summed E-state index contributed by atoms with van der Waals surface area (Å²) in [5.41, 5.74) is 0.264. The van der Waals surface area contributed by atoms with Crippen LogP contribution in [-0.4, -0.2) is 40.5 Å². The van der Waals surface area contributed by atoms with Crippen molar-refractivity contribution in [2.45, 2.75) is 0 Å². The van der Waals surface area contributed by atoms with Crippen molar-refractivity contribution in [2.24, 2.45) is 0 Å². The summed E-state index contributed by atoms with van der Waals surface area (Å²) in [6, 6.07) is 11.4. The molecular formula is C17H19ClN2O6S. The Hall–Kier alpha value is -2.78. The van der Waals surface area contributed by atoms with Gasteiger partial charge in [0.15, 0.2) is 11.5 Å². The topological polar surface area (TPSA) is 111 Å². The van der Waals surface area contributed by atoms with Gasteiger partial charge < -0.3 is 14.8 Å². The number of rotatable bonds is 9. The maximum absolute atomic E-state index is 12.3. The Morgan fingerprint density at radius 1 is 1.15 bits per heavy atom. The number of ether oxygens (including phenoxy) is 2. The molecule has 2 aromatic rings. The fourth-order valence-corrected chi connectivity index (χ4v) is 2.71. The third kappa shape index (κ3) is 6.46. The number of benzene rings is 2. The highest BCUT2D eigenvalue weighted by Crippen LogP contribution is 2.36. The van der Waals surface area contributed by atoms with Crippen molar-refractivity contribution >= 4 is 40.3 Å². The van der Waals surface area contributed by atoms with Gasteiger partial charge in [-0.15, -0.1) is 12.4 Å². The molecule has 27 heavy (non-hydrogen) atoms. The summed E-state index contributed by atoms with van der Waals surface area (Å²) in [5.74, 6) is 0.308.